The minimum absolute atomic E-state index is 0.468. The van der Waals surface area contributed by atoms with Crippen LogP contribution < -0.4 is 11.1 Å². The lowest BCUT2D eigenvalue weighted by Gasteiger charge is -2.26. The molecule has 0 heterocycles. The summed E-state index contributed by atoms with van der Waals surface area (Å²) in [7, 11) is 0. The summed E-state index contributed by atoms with van der Waals surface area (Å²) in [6, 6.07) is 8.03. The molecule has 1 aromatic rings. The molecular formula is C15H22N2S. The number of thiocarbonyl (C=S) groups is 1. The first-order valence-corrected chi connectivity index (χ1v) is 7.20. The Morgan fingerprint density at radius 1 is 1.28 bits per heavy atom. The molecule has 98 valence electrons. The van der Waals surface area contributed by atoms with E-state index in [-0.39, 0.29) is 0 Å². The van der Waals surface area contributed by atoms with Gasteiger partial charge in [-0.2, -0.15) is 0 Å². The summed E-state index contributed by atoms with van der Waals surface area (Å²) in [5, 5.41) is 3.51. The van der Waals surface area contributed by atoms with Crippen molar-refractivity contribution in [3.8, 4) is 0 Å². The lowest BCUT2D eigenvalue weighted by Crippen LogP contribution is -2.21. The van der Waals surface area contributed by atoms with E-state index in [9.17, 15) is 0 Å². The van der Waals surface area contributed by atoms with Crippen molar-refractivity contribution in [1.29, 1.82) is 0 Å². The summed E-state index contributed by atoms with van der Waals surface area (Å²) in [6.07, 6.45) is 5.40. The Bertz CT molecular complexity index is 409. The number of para-hydroxylation sites is 1. The van der Waals surface area contributed by atoms with Crippen molar-refractivity contribution in [3.05, 3.63) is 29.8 Å². The van der Waals surface area contributed by atoms with E-state index in [2.05, 4.69) is 18.3 Å². The van der Waals surface area contributed by atoms with E-state index in [0.717, 1.165) is 29.6 Å². The highest BCUT2D eigenvalue weighted by Crippen LogP contribution is 2.28. The van der Waals surface area contributed by atoms with E-state index in [1.807, 2.05) is 18.2 Å². The van der Waals surface area contributed by atoms with Crippen LogP contribution in [0.25, 0.3) is 0 Å². The van der Waals surface area contributed by atoms with Crippen LogP contribution in [-0.4, -0.2) is 11.5 Å². The summed E-state index contributed by atoms with van der Waals surface area (Å²) in [5.41, 5.74) is 7.76. The summed E-state index contributed by atoms with van der Waals surface area (Å²) < 4.78 is 0. The molecule has 1 aromatic carbocycles. The fourth-order valence-corrected chi connectivity index (χ4v) is 2.82. The third-order valence-corrected chi connectivity index (χ3v) is 4.13. The SMILES string of the molecule is CC1CCC(CNc2ccccc2C(N)=S)CC1. The Morgan fingerprint density at radius 2 is 1.94 bits per heavy atom. The molecular weight excluding hydrogens is 240 g/mol. The smallest absolute Gasteiger partial charge is 0.106 e. The first-order chi connectivity index (χ1) is 8.66. The van der Waals surface area contributed by atoms with Crippen LogP contribution in [0.4, 0.5) is 5.69 Å². The maximum atomic E-state index is 5.73. The van der Waals surface area contributed by atoms with Crippen LogP contribution >= 0.6 is 12.2 Å². The van der Waals surface area contributed by atoms with Gasteiger partial charge in [0.15, 0.2) is 0 Å². The molecule has 0 unspecified atom stereocenters. The van der Waals surface area contributed by atoms with Crippen molar-refractivity contribution in [2.45, 2.75) is 32.6 Å². The zero-order valence-corrected chi connectivity index (χ0v) is 11.8. The van der Waals surface area contributed by atoms with Gasteiger partial charge < -0.3 is 11.1 Å². The fraction of sp³-hybridized carbons (Fsp3) is 0.533. The number of anilines is 1. The molecule has 1 aliphatic carbocycles. The van der Waals surface area contributed by atoms with Gasteiger partial charge in [-0.1, -0.05) is 44.1 Å². The maximum Gasteiger partial charge on any atom is 0.106 e. The van der Waals surface area contributed by atoms with Crippen LogP contribution in [-0.2, 0) is 0 Å². The monoisotopic (exact) mass is 262 g/mol. The zero-order chi connectivity index (χ0) is 13.0. The molecule has 0 radical (unpaired) electrons. The van der Waals surface area contributed by atoms with Gasteiger partial charge in [-0.3, -0.25) is 0 Å². The van der Waals surface area contributed by atoms with Gasteiger partial charge in [0, 0.05) is 17.8 Å². The molecule has 0 aromatic heterocycles. The maximum absolute atomic E-state index is 5.73. The standard InChI is InChI=1S/C15H22N2S/c1-11-6-8-12(9-7-11)10-17-14-5-3-2-4-13(14)15(16)18/h2-5,11-12,17H,6-10H2,1H3,(H2,16,18). The van der Waals surface area contributed by atoms with Gasteiger partial charge in [0.2, 0.25) is 0 Å². The highest BCUT2D eigenvalue weighted by atomic mass is 32.1. The van der Waals surface area contributed by atoms with E-state index in [0.29, 0.717) is 4.99 Å². The van der Waals surface area contributed by atoms with Gasteiger partial charge in [0.1, 0.15) is 4.99 Å². The van der Waals surface area contributed by atoms with Gasteiger partial charge in [0.25, 0.3) is 0 Å². The zero-order valence-electron chi connectivity index (χ0n) is 11.0. The predicted octanol–water partition coefficient (Wildman–Crippen LogP) is 3.56. The number of benzene rings is 1. The van der Waals surface area contributed by atoms with Crippen LogP contribution in [0.1, 0.15) is 38.2 Å². The average molecular weight is 262 g/mol. The highest BCUT2D eigenvalue weighted by Gasteiger charge is 2.18. The van der Waals surface area contributed by atoms with Crippen LogP contribution in [0.3, 0.4) is 0 Å². The van der Waals surface area contributed by atoms with Crippen molar-refractivity contribution < 1.29 is 0 Å². The van der Waals surface area contributed by atoms with Crippen LogP contribution in [0, 0.1) is 11.8 Å². The number of nitrogens with one attached hydrogen (secondary N) is 1. The van der Waals surface area contributed by atoms with Crippen LogP contribution in [0.5, 0.6) is 0 Å². The molecule has 3 heteroatoms. The van der Waals surface area contributed by atoms with Crippen molar-refractivity contribution in [3.63, 3.8) is 0 Å². The second kappa shape index (κ2) is 6.19. The van der Waals surface area contributed by atoms with E-state index in [4.69, 9.17) is 18.0 Å². The minimum Gasteiger partial charge on any atom is -0.389 e. The Labute approximate surface area is 115 Å². The summed E-state index contributed by atoms with van der Waals surface area (Å²) in [5.74, 6) is 1.70. The molecule has 0 atom stereocenters. The molecule has 0 saturated heterocycles. The Morgan fingerprint density at radius 3 is 2.61 bits per heavy atom. The Hall–Kier alpha value is -1.09. The van der Waals surface area contributed by atoms with E-state index in [1.54, 1.807) is 0 Å². The molecule has 1 saturated carbocycles. The highest BCUT2D eigenvalue weighted by molar-refractivity contribution is 7.80. The molecule has 0 bridgehead atoms. The molecule has 2 nitrogen and oxygen atoms in total. The first kappa shape index (κ1) is 13.3. The van der Waals surface area contributed by atoms with E-state index >= 15 is 0 Å². The number of rotatable bonds is 4. The van der Waals surface area contributed by atoms with Gasteiger partial charge in [-0.05, 0) is 36.8 Å². The van der Waals surface area contributed by atoms with E-state index < -0.39 is 0 Å². The van der Waals surface area contributed by atoms with Crippen LogP contribution in [0.15, 0.2) is 24.3 Å². The second-order valence-electron chi connectivity index (χ2n) is 5.42. The summed E-state index contributed by atoms with van der Waals surface area (Å²) in [4.78, 5) is 0.468. The summed E-state index contributed by atoms with van der Waals surface area (Å²) >= 11 is 5.07. The largest absolute Gasteiger partial charge is 0.389 e. The molecule has 0 aliphatic heterocycles. The molecule has 3 N–H and O–H groups in total. The molecule has 0 amide bonds. The summed E-state index contributed by atoms with van der Waals surface area (Å²) in [6.45, 7) is 3.39. The van der Waals surface area contributed by atoms with Crippen molar-refractivity contribution in [2.75, 3.05) is 11.9 Å². The normalized spacial score (nSPS) is 23.6. The second-order valence-corrected chi connectivity index (χ2v) is 5.86. The molecule has 1 fully saturated rings. The molecule has 2 rings (SSSR count). The average Bonchev–Trinajstić information content (AvgIpc) is 2.38. The topological polar surface area (TPSA) is 38.0 Å². The molecule has 18 heavy (non-hydrogen) atoms. The lowest BCUT2D eigenvalue weighted by molar-refractivity contribution is 0.300. The van der Waals surface area contributed by atoms with Crippen molar-refractivity contribution in [2.24, 2.45) is 17.6 Å². The van der Waals surface area contributed by atoms with E-state index in [1.165, 1.54) is 25.7 Å². The third-order valence-electron chi connectivity index (χ3n) is 3.91. The van der Waals surface area contributed by atoms with Crippen molar-refractivity contribution in [1.82, 2.24) is 0 Å². The number of nitrogens with two attached hydrogens (primary N) is 1. The molecule has 1 aliphatic rings. The van der Waals surface area contributed by atoms with Gasteiger partial charge in [0.05, 0.1) is 0 Å². The third kappa shape index (κ3) is 3.45. The predicted molar refractivity (Wildman–Crippen MR) is 81.9 cm³/mol. The Kier molecular flexibility index (Phi) is 4.59. The van der Waals surface area contributed by atoms with Crippen LogP contribution in [0.2, 0.25) is 0 Å². The first-order valence-electron chi connectivity index (χ1n) is 6.79. The lowest BCUT2D eigenvalue weighted by atomic mass is 9.83. The number of hydrogen-bond acceptors (Lipinski definition) is 2. The van der Waals surface area contributed by atoms with Gasteiger partial charge in [-0.25, -0.2) is 0 Å². The fourth-order valence-electron chi connectivity index (χ4n) is 2.64. The number of hydrogen-bond donors (Lipinski definition) is 2. The van der Waals surface area contributed by atoms with Gasteiger partial charge in [-0.15, -0.1) is 0 Å². The van der Waals surface area contributed by atoms with Crippen molar-refractivity contribution >= 4 is 22.9 Å². The quantitative estimate of drug-likeness (QED) is 0.815. The Balaban J connectivity index is 1.92. The minimum atomic E-state index is 0.468. The molecule has 0 spiro atoms. The van der Waals surface area contributed by atoms with Gasteiger partial charge >= 0.3 is 0 Å².